The normalized spacial score (nSPS) is 21.6. The second kappa shape index (κ2) is 29.1. The molecular weight excluding hydrogens is 668 g/mol. The molecule has 12 nitrogen and oxygen atoms in total. The summed E-state index contributed by atoms with van der Waals surface area (Å²) in [5.41, 5.74) is 0. The van der Waals surface area contributed by atoms with Crippen LogP contribution in [0, 0.1) is 0 Å². The van der Waals surface area contributed by atoms with Crippen LogP contribution < -0.4 is 0 Å². The summed E-state index contributed by atoms with van der Waals surface area (Å²) in [6.45, 7) is 3.69. The van der Waals surface area contributed by atoms with Gasteiger partial charge >= 0.3 is 11.9 Å². The molecule has 1 heterocycles. The number of carbonyl (C=O) groups excluding carboxylic acids is 2. The van der Waals surface area contributed by atoms with Crippen molar-refractivity contribution in [1.29, 1.82) is 0 Å². The van der Waals surface area contributed by atoms with E-state index in [1.165, 1.54) is 89.9 Å². The number of rotatable bonds is 32. The molecule has 0 aromatic heterocycles. The monoisotopic (exact) mass is 737 g/mol. The third kappa shape index (κ3) is 24.0. The van der Waals surface area contributed by atoms with Gasteiger partial charge in [-0.15, -0.1) is 0 Å². The zero-order valence-corrected chi connectivity index (χ0v) is 31.8. The van der Waals surface area contributed by atoms with E-state index >= 15 is 0 Å². The Labute approximate surface area is 302 Å². The van der Waals surface area contributed by atoms with Crippen LogP contribution in [0.25, 0.3) is 0 Å². The quantitative estimate of drug-likeness (QED) is 0.0403. The molecule has 1 aliphatic rings. The molecule has 0 saturated carbocycles. The Balaban J connectivity index is 2.52. The maximum atomic E-state index is 12.7. The molecule has 6 atom stereocenters. The van der Waals surface area contributed by atoms with Crippen molar-refractivity contribution >= 4 is 22.1 Å². The lowest BCUT2D eigenvalue weighted by molar-refractivity contribution is -0.297. The van der Waals surface area contributed by atoms with Gasteiger partial charge in [0.05, 0.1) is 22.5 Å². The summed E-state index contributed by atoms with van der Waals surface area (Å²) >= 11 is 0. The second-order valence-corrected chi connectivity index (χ2v) is 15.4. The van der Waals surface area contributed by atoms with E-state index in [-0.39, 0.29) is 19.4 Å². The molecular formula is C37H69O12S-. The Bertz CT molecular complexity index is 962. The Morgan fingerprint density at radius 1 is 0.620 bits per heavy atom. The highest BCUT2D eigenvalue weighted by Crippen LogP contribution is 2.24. The van der Waals surface area contributed by atoms with E-state index in [4.69, 9.17) is 18.9 Å². The zero-order valence-electron chi connectivity index (χ0n) is 31.0. The molecule has 3 N–H and O–H groups in total. The maximum absolute atomic E-state index is 12.7. The molecule has 1 fully saturated rings. The van der Waals surface area contributed by atoms with Crippen molar-refractivity contribution in [2.45, 2.75) is 205 Å². The van der Waals surface area contributed by atoms with Crippen LogP contribution in [0.2, 0.25) is 0 Å². The minimum Gasteiger partial charge on any atom is -0.748 e. The SMILES string of the molecule is CCCCCCCCCCCCCC(=O)OCC(CO[C@H]1OC(CS(=O)(=O)[O-])[C@@H](O)[C@@H](O)C1O)OC(=O)CCCCCCCCCCCCC. The smallest absolute Gasteiger partial charge is 0.306 e. The van der Waals surface area contributed by atoms with Gasteiger partial charge in [0.25, 0.3) is 0 Å². The Kier molecular flexibility index (Phi) is 27.2. The summed E-state index contributed by atoms with van der Waals surface area (Å²) in [5.74, 6) is -2.10. The molecule has 1 rings (SSSR count). The van der Waals surface area contributed by atoms with Gasteiger partial charge in [-0.3, -0.25) is 9.59 Å². The van der Waals surface area contributed by atoms with Crippen molar-refractivity contribution in [2.75, 3.05) is 19.0 Å². The fraction of sp³-hybridized carbons (Fsp3) is 0.946. The first kappa shape index (κ1) is 46.7. The van der Waals surface area contributed by atoms with Gasteiger partial charge < -0.3 is 38.8 Å². The van der Waals surface area contributed by atoms with Crippen molar-refractivity contribution in [3.63, 3.8) is 0 Å². The number of carbonyl (C=O) groups is 2. The van der Waals surface area contributed by atoms with Crippen molar-refractivity contribution in [2.24, 2.45) is 0 Å². The molecule has 0 spiro atoms. The summed E-state index contributed by atoms with van der Waals surface area (Å²) in [5, 5.41) is 30.6. The van der Waals surface area contributed by atoms with Gasteiger partial charge in [-0.05, 0) is 12.8 Å². The van der Waals surface area contributed by atoms with Gasteiger partial charge in [0.15, 0.2) is 12.4 Å². The van der Waals surface area contributed by atoms with Crippen LogP contribution in [-0.4, -0.2) is 96.0 Å². The van der Waals surface area contributed by atoms with Crippen LogP contribution in [0.4, 0.5) is 0 Å². The molecule has 50 heavy (non-hydrogen) atoms. The van der Waals surface area contributed by atoms with E-state index < -0.39 is 71.2 Å². The fourth-order valence-electron chi connectivity index (χ4n) is 6.08. The molecule has 0 aromatic rings. The average molecular weight is 738 g/mol. The summed E-state index contributed by atoms with van der Waals surface area (Å²) in [6, 6.07) is 0. The third-order valence-corrected chi connectivity index (χ3v) is 9.92. The molecule has 3 unspecified atom stereocenters. The standard InChI is InChI=1S/C37H70O12S/c1-3-5-7-9-11-13-15-17-19-21-23-25-32(38)46-27-30(48-33(39)26-24-22-20-18-16-14-12-10-8-6-4-2)28-47-37-36(42)35(41)34(40)31(49-37)29-50(43,44)45/h30-31,34-37,40-42H,3-29H2,1-2H3,(H,43,44,45)/p-1/t30?,31?,34-,35-,36?,37+/m1/s1. The highest BCUT2D eigenvalue weighted by molar-refractivity contribution is 7.85. The summed E-state index contributed by atoms with van der Waals surface area (Å²) in [6.07, 6.45) is 15.7. The zero-order chi connectivity index (χ0) is 37.0. The number of esters is 2. The highest BCUT2D eigenvalue weighted by Gasteiger charge is 2.45. The first-order valence-electron chi connectivity index (χ1n) is 19.6. The summed E-state index contributed by atoms with van der Waals surface area (Å²) in [7, 11) is -4.84. The molecule has 0 bridgehead atoms. The maximum Gasteiger partial charge on any atom is 0.306 e. The van der Waals surface area contributed by atoms with Crippen LogP contribution in [0.15, 0.2) is 0 Å². The van der Waals surface area contributed by atoms with Gasteiger partial charge in [-0.2, -0.15) is 0 Å². The molecule has 1 saturated heterocycles. The Morgan fingerprint density at radius 3 is 1.48 bits per heavy atom. The minimum atomic E-state index is -4.84. The average Bonchev–Trinajstić information content (AvgIpc) is 3.07. The topological polar surface area (TPSA) is 189 Å². The van der Waals surface area contributed by atoms with E-state index in [9.17, 15) is 37.9 Å². The fourth-order valence-corrected chi connectivity index (χ4v) is 6.76. The molecule has 0 aliphatic carbocycles. The highest BCUT2D eigenvalue weighted by atomic mass is 32.2. The molecule has 0 radical (unpaired) electrons. The van der Waals surface area contributed by atoms with Gasteiger partial charge in [0.2, 0.25) is 0 Å². The van der Waals surface area contributed by atoms with Crippen molar-refractivity contribution in [1.82, 2.24) is 0 Å². The predicted octanol–water partition coefficient (Wildman–Crippen LogP) is 6.21. The van der Waals surface area contributed by atoms with Crippen molar-refractivity contribution in [3.8, 4) is 0 Å². The van der Waals surface area contributed by atoms with E-state index in [1.54, 1.807) is 0 Å². The van der Waals surface area contributed by atoms with Crippen molar-refractivity contribution < 1.29 is 56.8 Å². The lowest BCUT2D eigenvalue weighted by Gasteiger charge is -2.40. The third-order valence-electron chi connectivity index (χ3n) is 9.18. The second-order valence-electron chi connectivity index (χ2n) is 13.9. The van der Waals surface area contributed by atoms with Gasteiger partial charge in [0, 0.05) is 12.8 Å². The van der Waals surface area contributed by atoms with Crippen molar-refractivity contribution in [3.05, 3.63) is 0 Å². The lowest BCUT2D eigenvalue weighted by Crippen LogP contribution is -2.60. The first-order chi connectivity index (χ1) is 24.0. The molecule has 296 valence electrons. The van der Waals surface area contributed by atoms with Crippen LogP contribution in [-0.2, 0) is 38.7 Å². The number of aliphatic hydroxyl groups excluding tert-OH is 3. The van der Waals surface area contributed by atoms with Gasteiger partial charge in [-0.25, -0.2) is 8.42 Å². The Hall–Kier alpha value is -1.35. The van der Waals surface area contributed by atoms with Crippen LogP contribution in [0.3, 0.4) is 0 Å². The number of hydrogen-bond acceptors (Lipinski definition) is 12. The van der Waals surface area contributed by atoms with Gasteiger partial charge in [-0.1, -0.05) is 142 Å². The molecule has 0 amide bonds. The van der Waals surface area contributed by atoms with Gasteiger partial charge in [0.1, 0.15) is 31.0 Å². The summed E-state index contributed by atoms with van der Waals surface area (Å²) in [4.78, 5) is 25.2. The van der Waals surface area contributed by atoms with E-state index in [0.29, 0.717) is 12.8 Å². The van der Waals surface area contributed by atoms with Crippen LogP contribution in [0.5, 0.6) is 0 Å². The number of ether oxygens (including phenoxy) is 4. The summed E-state index contributed by atoms with van der Waals surface area (Å²) < 4.78 is 55.5. The number of aliphatic hydroxyl groups is 3. The molecule has 0 aromatic carbocycles. The molecule has 1 aliphatic heterocycles. The first-order valence-corrected chi connectivity index (χ1v) is 21.2. The van der Waals surface area contributed by atoms with Crippen LogP contribution >= 0.6 is 0 Å². The van der Waals surface area contributed by atoms with E-state index in [1.807, 2.05) is 0 Å². The Morgan fingerprint density at radius 2 is 1.04 bits per heavy atom. The minimum absolute atomic E-state index is 0.164. The molecule has 13 heteroatoms. The lowest BCUT2D eigenvalue weighted by atomic mass is 10.00. The number of hydrogen-bond donors (Lipinski definition) is 3. The van der Waals surface area contributed by atoms with E-state index in [2.05, 4.69) is 13.8 Å². The van der Waals surface area contributed by atoms with Crippen LogP contribution in [0.1, 0.15) is 168 Å². The number of unbranched alkanes of at least 4 members (excludes halogenated alkanes) is 20. The predicted molar refractivity (Wildman–Crippen MR) is 190 cm³/mol. The largest absolute Gasteiger partial charge is 0.748 e. The van der Waals surface area contributed by atoms with E-state index in [0.717, 1.165) is 38.5 Å².